The molecule has 0 fully saturated rings. The van der Waals surface area contributed by atoms with Crippen LogP contribution < -0.4 is 9.64 Å². The van der Waals surface area contributed by atoms with Crippen LogP contribution >= 0.6 is 0 Å². The molecule has 0 saturated carbocycles. The second kappa shape index (κ2) is 8.76. The summed E-state index contributed by atoms with van der Waals surface area (Å²) in [7, 11) is 0. The standard InChI is InChI=1S/C23H28N2O7/c1-6-13-24-16-9-8-10-17(30-18(7-2)25(29)22(3,4)5)15(16)14-23(21(24)28)31-19(26)11-12-20(27)32-23/h6,8-12,18,29H,1,7,13-14H2,2-5H3. The zero-order valence-corrected chi connectivity index (χ0v) is 18.7. The lowest BCUT2D eigenvalue weighted by Gasteiger charge is -2.41. The average Bonchev–Trinajstić information content (AvgIpc) is 2.87. The summed E-state index contributed by atoms with van der Waals surface area (Å²) in [6, 6.07) is 5.12. The summed E-state index contributed by atoms with van der Waals surface area (Å²) in [6.07, 6.45) is 2.88. The lowest BCUT2D eigenvalue weighted by Crippen LogP contribution is -2.58. The van der Waals surface area contributed by atoms with Crippen LogP contribution in [0.1, 0.15) is 39.7 Å². The van der Waals surface area contributed by atoms with E-state index in [2.05, 4.69) is 6.58 Å². The molecule has 2 aliphatic heterocycles. The molecule has 2 heterocycles. The molecule has 0 aliphatic carbocycles. The van der Waals surface area contributed by atoms with Gasteiger partial charge in [0.2, 0.25) is 0 Å². The molecule has 172 valence electrons. The molecule has 1 atom stereocenters. The molecule has 0 radical (unpaired) electrons. The molecule has 0 aromatic heterocycles. The zero-order valence-electron chi connectivity index (χ0n) is 18.7. The first-order valence-electron chi connectivity index (χ1n) is 10.4. The Balaban J connectivity index is 2.08. The molecule has 9 heteroatoms. The minimum atomic E-state index is -2.17. The fraction of sp³-hybridized carbons (Fsp3) is 0.435. The second-order valence-corrected chi connectivity index (χ2v) is 8.56. The number of esters is 2. The number of hydroxylamine groups is 2. The molecule has 32 heavy (non-hydrogen) atoms. The van der Waals surface area contributed by atoms with Crippen molar-refractivity contribution in [3.05, 3.63) is 48.6 Å². The van der Waals surface area contributed by atoms with Gasteiger partial charge in [-0.15, -0.1) is 11.6 Å². The van der Waals surface area contributed by atoms with Crippen molar-refractivity contribution in [2.75, 3.05) is 11.4 Å². The summed E-state index contributed by atoms with van der Waals surface area (Å²) in [5.41, 5.74) is 0.425. The van der Waals surface area contributed by atoms with Crippen molar-refractivity contribution >= 4 is 23.5 Å². The highest BCUT2D eigenvalue weighted by Crippen LogP contribution is 2.41. The Morgan fingerprint density at radius 3 is 2.41 bits per heavy atom. The van der Waals surface area contributed by atoms with Gasteiger partial charge in [-0.2, -0.15) is 0 Å². The van der Waals surface area contributed by atoms with Crippen LogP contribution in [0.3, 0.4) is 0 Å². The molecule has 0 bridgehead atoms. The van der Waals surface area contributed by atoms with Crippen molar-refractivity contribution in [2.45, 2.75) is 58.1 Å². The number of hydrogen-bond acceptors (Lipinski definition) is 8. The fourth-order valence-corrected chi connectivity index (χ4v) is 3.62. The number of rotatable bonds is 6. The molecular weight excluding hydrogens is 416 g/mol. The van der Waals surface area contributed by atoms with Gasteiger partial charge in [0.05, 0.1) is 12.1 Å². The number of anilines is 1. The van der Waals surface area contributed by atoms with Crippen LogP contribution in [-0.2, 0) is 30.3 Å². The van der Waals surface area contributed by atoms with E-state index >= 15 is 0 Å². The Bertz CT molecular complexity index is 944. The molecule has 1 N–H and O–H groups in total. The maximum atomic E-state index is 13.3. The fourth-order valence-electron chi connectivity index (χ4n) is 3.62. The van der Waals surface area contributed by atoms with Crippen LogP contribution in [0.5, 0.6) is 5.75 Å². The molecule has 3 rings (SSSR count). The predicted octanol–water partition coefficient (Wildman–Crippen LogP) is 2.72. The molecule has 1 amide bonds. The number of carbonyl (C=O) groups excluding carboxylic acids is 3. The normalized spacial score (nSPS) is 18.7. The molecule has 2 aliphatic rings. The number of hydrogen-bond donors (Lipinski definition) is 1. The van der Waals surface area contributed by atoms with Gasteiger partial charge in [-0.25, -0.2) is 9.59 Å². The number of benzene rings is 1. The van der Waals surface area contributed by atoms with E-state index in [-0.39, 0.29) is 13.0 Å². The van der Waals surface area contributed by atoms with Crippen LogP contribution in [0.2, 0.25) is 0 Å². The number of nitrogens with zero attached hydrogens (tertiary/aromatic N) is 2. The summed E-state index contributed by atoms with van der Waals surface area (Å²) < 4.78 is 16.8. The Morgan fingerprint density at radius 1 is 1.25 bits per heavy atom. The summed E-state index contributed by atoms with van der Waals surface area (Å²) in [5.74, 6) is -4.24. The van der Waals surface area contributed by atoms with Gasteiger partial charge in [0.15, 0.2) is 6.23 Å². The minimum Gasteiger partial charge on any atom is -0.473 e. The lowest BCUT2D eigenvalue weighted by molar-refractivity contribution is -0.236. The van der Waals surface area contributed by atoms with Crippen molar-refractivity contribution in [2.24, 2.45) is 0 Å². The summed E-state index contributed by atoms with van der Waals surface area (Å²) >= 11 is 0. The third-order valence-electron chi connectivity index (χ3n) is 5.15. The van der Waals surface area contributed by atoms with Crippen molar-refractivity contribution in [3.63, 3.8) is 0 Å². The molecule has 9 nitrogen and oxygen atoms in total. The zero-order chi connectivity index (χ0) is 23.7. The summed E-state index contributed by atoms with van der Waals surface area (Å²) in [6.45, 7) is 11.2. The van der Waals surface area contributed by atoms with Gasteiger partial charge in [-0.1, -0.05) is 19.1 Å². The molecule has 0 saturated heterocycles. The molecule has 1 aromatic carbocycles. The van der Waals surface area contributed by atoms with Crippen molar-refractivity contribution in [1.29, 1.82) is 0 Å². The van der Waals surface area contributed by atoms with Crippen LogP contribution in [0.25, 0.3) is 0 Å². The van der Waals surface area contributed by atoms with E-state index in [1.54, 1.807) is 18.2 Å². The first-order valence-corrected chi connectivity index (χ1v) is 10.4. The number of ether oxygens (including phenoxy) is 3. The summed E-state index contributed by atoms with van der Waals surface area (Å²) in [4.78, 5) is 38.9. The first-order chi connectivity index (χ1) is 15.0. The summed E-state index contributed by atoms with van der Waals surface area (Å²) in [5, 5.41) is 11.7. The van der Waals surface area contributed by atoms with Crippen molar-refractivity contribution < 1.29 is 33.8 Å². The van der Waals surface area contributed by atoms with Crippen molar-refractivity contribution in [3.8, 4) is 5.75 Å². The molecular formula is C23H28N2O7. The molecule has 1 aromatic rings. The highest BCUT2D eigenvalue weighted by atomic mass is 16.7. The Morgan fingerprint density at radius 2 is 1.88 bits per heavy atom. The Labute approximate surface area is 186 Å². The number of amides is 1. The Kier molecular flexibility index (Phi) is 6.43. The van der Waals surface area contributed by atoms with E-state index in [1.165, 1.54) is 11.0 Å². The van der Waals surface area contributed by atoms with Gasteiger partial charge in [0, 0.05) is 29.8 Å². The predicted molar refractivity (Wildman–Crippen MR) is 115 cm³/mol. The van der Waals surface area contributed by atoms with Crippen LogP contribution in [-0.4, -0.2) is 52.2 Å². The minimum absolute atomic E-state index is 0.0882. The lowest BCUT2D eigenvalue weighted by atomic mass is 9.94. The van der Waals surface area contributed by atoms with Gasteiger partial charge in [-0.05, 0) is 39.3 Å². The highest BCUT2D eigenvalue weighted by molar-refractivity contribution is 6.06. The van der Waals surface area contributed by atoms with E-state index in [0.29, 0.717) is 23.4 Å². The van der Waals surface area contributed by atoms with E-state index in [4.69, 9.17) is 14.2 Å². The largest absolute Gasteiger partial charge is 0.473 e. The van der Waals surface area contributed by atoms with E-state index in [1.807, 2.05) is 27.7 Å². The van der Waals surface area contributed by atoms with Crippen LogP contribution in [0.4, 0.5) is 5.69 Å². The molecule has 1 spiro atoms. The third kappa shape index (κ3) is 4.39. The maximum absolute atomic E-state index is 13.3. The Hall–Kier alpha value is -3.17. The van der Waals surface area contributed by atoms with Gasteiger partial charge in [0.1, 0.15) is 5.75 Å². The van der Waals surface area contributed by atoms with Gasteiger partial charge in [0.25, 0.3) is 0 Å². The van der Waals surface area contributed by atoms with E-state index < -0.39 is 35.4 Å². The topological polar surface area (TPSA) is 106 Å². The SMILES string of the molecule is C=CCN1C(=O)C2(Cc3c(OC(CC)N(O)C(C)(C)C)cccc31)OC(=O)C=CC(=O)O2. The van der Waals surface area contributed by atoms with Gasteiger partial charge < -0.3 is 24.3 Å². The monoisotopic (exact) mass is 444 g/mol. The molecule has 1 unspecified atom stereocenters. The average molecular weight is 444 g/mol. The van der Waals surface area contributed by atoms with Crippen molar-refractivity contribution in [1.82, 2.24) is 5.06 Å². The smallest absolute Gasteiger partial charge is 0.341 e. The van der Waals surface area contributed by atoms with Crippen LogP contribution in [0, 0.1) is 0 Å². The van der Waals surface area contributed by atoms with Crippen LogP contribution in [0.15, 0.2) is 43.0 Å². The van der Waals surface area contributed by atoms with E-state index in [9.17, 15) is 19.6 Å². The number of carbonyl (C=O) groups is 3. The van der Waals surface area contributed by atoms with Gasteiger partial charge in [-0.3, -0.25) is 4.79 Å². The van der Waals surface area contributed by atoms with E-state index in [0.717, 1.165) is 17.2 Å². The quantitative estimate of drug-likeness (QED) is 0.309. The first kappa shape index (κ1) is 23.5. The second-order valence-electron chi connectivity index (χ2n) is 8.56. The highest BCUT2D eigenvalue weighted by Gasteiger charge is 2.54. The number of fused-ring (bicyclic) bond motifs is 1. The maximum Gasteiger partial charge on any atom is 0.341 e. The van der Waals surface area contributed by atoms with Gasteiger partial charge >= 0.3 is 23.6 Å². The third-order valence-corrected chi connectivity index (χ3v) is 5.15.